The number of aryl methyl sites for hydroxylation is 2. The number of benzene rings is 1. The van der Waals surface area contributed by atoms with E-state index in [1.54, 1.807) is 6.20 Å². The van der Waals surface area contributed by atoms with Crippen molar-refractivity contribution in [1.82, 2.24) is 10.4 Å². The number of anilines is 1. The summed E-state index contributed by atoms with van der Waals surface area (Å²) < 4.78 is 0. The van der Waals surface area contributed by atoms with E-state index in [1.165, 1.54) is 11.1 Å². The molecule has 1 heterocycles. The minimum atomic E-state index is 0.0470. The number of pyridine rings is 1. The third-order valence-electron chi connectivity index (χ3n) is 4.46. The third kappa shape index (κ3) is 2.77. The Kier molecular flexibility index (Phi) is 3.90. The number of hydrazine groups is 1. The van der Waals surface area contributed by atoms with Crippen LogP contribution in [-0.2, 0) is 12.8 Å². The van der Waals surface area contributed by atoms with Crippen LogP contribution in [0.3, 0.4) is 0 Å². The Morgan fingerprint density at radius 1 is 1.29 bits per heavy atom. The van der Waals surface area contributed by atoms with E-state index in [0.717, 1.165) is 30.4 Å². The molecule has 4 heteroatoms. The van der Waals surface area contributed by atoms with Crippen molar-refractivity contribution in [2.75, 3.05) is 5.73 Å². The average Bonchev–Trinajstić information content (AvgIpc) is 2.51. The van der Waals surface area contributed by atoms with E-state index in [2.05, 4.69) is 40.7 Å². The standard InChI is InChI=1S/C17H22N4/c1-11-8-15(17(18)20-10-11)16(21-19)14-7-6-12-4-2-3-5-13(12)9-14/h2-5,8,10,14,16,21H,6-7,9,19H2,1H3,(H2,18,20). The predicted molar refractivity (Wildman–Crippen MR) is 85.4 cm³/mol. The zero-order valence-electron chi connectivity index (χ0n) is 12.3. The second kappa shape index (κ2) is 5.84. The number of hydrogen-bond donors (Lipinski definition) is 3. The number of fused-ring (bicyclic) bond motifs is 1. The molecule has 2 aromatic rings. The molecule has 3 rings (SSSR count). The fraction of sp³-hybridized carbons (Fsp3) is 0.353. The van der Waals surface area contributed by atoms with E-state index in [0.29, 0.717) is 11.7 Å². The van der Waals surface area contributed by atoms with Crippen molar-refractivity contribution in [2.45, 2.75) is 32.2 Å². The summed E-state index contributed by atoms with van der Waals surface area (Å²) in [4.78, 5) is 4.27. The van der Waals surface area contributed by atoms with Gasteiger partial charge in [-0.05, 0) is 54.9 Å². The molecule has 0 spiro atoms. The van der Waals surface area contributed by atoms with Crippen LogP contribution in [0.15, 0.2) is 36.5 Å². The van der Waals surface area contributed by atoms with Gasteiger partial charge in [-0.15, -0.1) is 0 Å². The molecule has 2 unspecified atom stereocenters. The highest BCUT2D eigenvalue weighted by molar-refractivity contribution is 5.44. The van der Waals surface area contributed by atoms with Crippen molar-refractivity contribution in [3.05, 3.63) is 58.8 Å². The first-order valence-corrected chi connectivity index (χ1v) is 7.44. The normalized spacial score (nSPS) is 19.0. The van der Waals surface area contributed by atoms with Gasteiger partial charge in [-0.25, -0.2) is 4.98 Å². The molecule has 0 saturated heterocycles. The van der Waals surface area contributed by atoms with Crippen LogP contribution in [0.1, 0.15) is 34.7 Å². The Hall–Kier alpha value is -1.91. The summed E-state index contributed by atoms with van der Waals surface area (Å²) in [5.74, 6) is 6.85. The van der Waals surface area contributed by atoms with Crippen LogP contribution in [0, 0.1) is 12.8 Å². The topological polar surface area (TPSA) is 77.0 Å². The van der Waals surface area contributed by atoms with Crippen molar-refractivity contribution < 1.29 is 0 Å². The zero-order chi connectivity index (χ0) is 14.8. The molecule has 0 saturated carbocycles. The van der Waals surface area contributed by atoms with E-state index in [9.17, 15) is 0 Å². The van der Waals surface area contributed by atoms with Gasteiger partial charge in [-0.1, -0.05) is 24.3 Å². The number of aromatic nitrogens is 1. The van der Waals surface area contributed by atoms with E-state index in [-0.39, 0.29) is 6.04 Å². The molecular weight excluding hydrogens is 260 g/mol. The Morgan fingerprint density at radius 3 is 2.81 bits per heavy atom. The van der Waals surface area contributed by atoms with E-state index < -0.39 is 0 Å². The van der Waals surface area contributed by atoms with Crippen molar-refractivity contribution in [1.29, 1.82) is 0 Å². The quantitative estimate of drug-likeness (QED) is 0.596. The summed E-state index contributed by atoms with van der Waals surface area (Å²) in [5, 5.41) is 0. The fourth-order valence-electron chi connectivity index (χ4n) is 3.34. The van der Waals surface area contributed by atoms with Crippen molar-refractivity contribution in [3.63, 3.8) is 0 Å². The second-order valence-electron chi connectivity index (χ2n) is 5.90. The van der Waals surface area contributed by atoms with Gasteiger partial charge in [0.2, 0.25) is 0 Å². The monoisotopic (exact) mass is 282 g/mol. The lowest BCUT2D eigenvalue weighted by atomic mass is 9.78. The van der Waals surface area contributed by atoms with Gasteiger partial charge in [0, 0.05) is 11.8 Å². The van der Waals surface area contributed by atoms with E-state index >= 15 is 0 Å². The third-order valence-corrected chi connectivity index (χ3v) is 4.46. The van der Waals surface area contributed by atoms with Crippen LogP contribution in [0.4, 0.5) is 5.82 Å². The predicted octanol–water partition coefficient (Wildman–Crippen LogP) is 2.28. The smallest absolute Gasteiger partial charge is 0.128 e. The van der Waals surface area contributed by atoms with Gasteiger partial charge in [0.25, 0.3) is 0 Å². The molecule has 1 aliphatic rings. The van der Waals surface area contributed by atoms with Gasteiger partial charge in [-0.2, -0.15) is 0 Å². The van der Waals surface area contributed by atoms with Crippen LogP contribution in [0.25, 0.3) is 0 Å². The molecule has 0 bridgehead atoms. The van der Waals surface area contributed by atoms with Gasteiger partial charge >= 0.3 is 0 Å². The molecule has 0 aliphatic heterocycles. The first-order valence-electron chi connectivity index (χ1n) is 7.44. The largest absolute Gasteiger partial charge is 0.383 e. The molecule has 4 nitrogen and oxygen atoms in total. The second-order valence-corrected chi connectivity index (χ2v) is 5.90. The van der Waals surface area contributed by atoms with Crippen molar-refractivity contribution in [3.8, 4) is 0 Å². The fourth-order valence-corrected chi connectivity index (χ4v) is 3.34. The minimum absolute atomic E-state index is 0.0470. The van der Waals surface area contributed by atoms with Crippen LogP contribution < -0.4 is 17.0 Å². The SMILES string of the molecule is Cc1cnc(N)c(C(NN)C2CCc3ccccc3C2)c1. The highest BCUT2D eigenvalue weighted by Crippen LogP contribution is 2.35. The van der Waals surface area contributed by atoms with Crippen LogP contribution >= 0.6 is 0 Å². The molecule has 110 valence electrons. The summed E-state index contributed by atoms with van der Waals surface area (Å²) in [6.07, 6.45) is 5.03. The molecule has 1 aromatic heterocycles. The van der Waals surface area contributed by atoms with Crippen molar-refractivity contribution in [2.24, 2.45) is 11.8 Å². The number of hydrogen-bond acceptors (Lipinski definition) is 4. The Labute approximate surface area is 125 Å². The number of nitrogens with two attached hydrogens (primary N) is 2. The van der Waals surface area contributed by atoms with Crippen molar-refractivity contribution >= 4 is 5.82 Å². The minimum Gasteiger partial charge on any atom is -0.383 e. The Balaban J connectivity index is 1.90. The summed E-state index contributed by atoms with van der Waals surface area (Å²) in [6, 6.07) is 10.8. The molecule has 0 radical (unpaired) electrons. The van der Waals surface area contributed by atoms with Gasteiger partial charge in [0.1, 0.15) is 5.82 Å². The van der Waals surface area contributed by atoms with Crippen LogP contribution in [0.5, 0.6) is 0 Å². The molecule has 1 aromatic carbocycles. The zero-order valence-corrected chi connectivity index (χ0v) is 12.3. The molecule has 21 heavy (non-hydrogen) atoms. The first-order chi connectivity index (χ1) is 10.2. The van der Waals surface area contributed by atoms with Gasteiger partial charge in [-0.3, -0.25) is 11.3 Å². The maximum Gasteiger partial charge on any atom is 0.128 e. The average molecular weight is 282 g/mol. The summed E-state index contributed by atoms with van der Waals surface area (Å²) in [7, 11) is 0. The lowest BCUT2D eigenvalue weighted by molar-refractivity contribution is 0.330. The summed E-state index contributed by atoms with van der Waals surface area (Å²) >= 11 is 0. The number of nitrogens with zero attached hydrogens (tertiary/aromatic N) is 1. The maximum atomic E-state index is 6.06. The highest BCUT2D eigenvalue weighted by atomic mass is 15.2. The molecule has 1 aliphatic carbocycles. The first kappa shape index (κ1) is 14.0. The molecule has 0 amide bonds. The summed E-state index contributed by atoms with van der Waals surface area (Å²) in [5.41, 5.74) is 14.0. The van der Waals surface area contributed by atoms with Crippen LogP contribution in [-0.4, -0.2) is 4.98 Å². The van der Waals surface area contributed by atoms with Crippen LogP contribution in [0.2, 0.25) is 0 Å². The van der Waals surface area contributed by atoms with Gasteiger partial charge in [0.15, 0.2) is 0 Å². The molecule has 2 atom stereocenters. The number of nitrogens with one attached hydrogen (secondary N) is 1. The lowest BCUT2D eigenvalue weighted by Crippen LogP contribution is -2.36. The number of rotatable bonds is 3. The Bertz CT molecular complexity index is 638. The number of nitrogen functional groups attached to an aromatic ring is 1. The van der Waals surface area contributed by atoms with Gasteiger partial charge < -0.3 is 5.73 Å². The van der Waals surface area contributed by atoms with E-state index in [4.69, 9.17) is 11.6 Å². The molecular formula is C17H22N4. The Morgan fingerprint density at radius 2 is 2.05 bits per heavy atom. The molecule has 0 fully saturated rings. The lowest BCUT2D eigenvalue weighted by Gasteiger charge is -2.32. The highest BCUT2D eigenvalue weighted by Gasteiger charge is 2.28. The summed E-state index contributed by atoms with van der Waals surface area (Å²) in [6.45, 7) is 2.03. The van der Waals surface area contributed by atoms with Gasteiger partial charge in [0.05, 0.1) is 6.04 Å². The maximum absolute atomic E-state index is 6.06. The van der Waals surface area contributed by atoms with E-state index in [1.807, 2.05) is 6.92 Å². The molecule has 5 N–H and O–H groups in total.